The number of unbranched alkanes of at least 4 members (excludes halogenated alkanes) is 2. The molecule has 0 spiro atoms. The molecule has 0 radical (unpaired) electrons. The molecule has 168 valence electrons. The number of nitrogens with one attached hydrogen (secondary N) is 1. The van der Waals surface area contributed by atoms with Gasteiger partial charge in [-0.2, -0.15) is 0 Å². The Balaban J connectivity index is 1.68. The van der Waals surface area contributed by atoms with Crippen LogP contribution < -0.4 is 5.32 Å². The topological polar surface area (TPSA) is 85.8 Å². The van der Waals surface area contributed by atoms with Gasteiger partial charge in [-0.15, -0.1) is 13.2 Å². The summed E-state index contributed by atoms with van der Waals surface area (Å²) >= 11 is 3.33. The molecule has 2 amide bonds. The molecule has 7 nitrogen and oxygen atoms in total. The lowest BCUT2D eigenvalue weighted by Crippen LogP contribution is -2.45. The Morgan fingerprint density at radius 2 is 2.13 bits per heavy atom. The fourth-order valence-electron chi connectivity index (χ4n) is 4.74. The predicted octanol–water partition coefficient (Wildman–Crippen LogP) is 4.31. The van der Waals surface area contributed by atoms with Crippen molar-refractivity contribution >= 4 is 33.7 Å². The van der Waals surface area contributed by atoms with Crippen molar-refractivity contribution in [2.75, 3.05) is 25.5 Å². The minimum Gasteiger partial charge on any atom is -0.465 e. The quantitative estimate of drug-likeness (QED) is 0.274. The van der Waals surface area contributed by atoms with E-state index in [0.717, 1.165) is 44.3 Å². The first-order valence-corrected chi connectivity index (χ1v) is 11.5. The molecule has 2 heterocycles. The number of pyridine rings is 1. The number of carbonyl (C=O) groups excluding carboxylic acids is 1. The lowest BCUT2D eigenvalue weighted by molar-refractivity contribution is -0.120. The number of aromatic nitrogens is 1. The molecule has 8 heteroatoms. The van der Waals surface area contributed by atoms with E-state index in [1.54, 1.807) is 6.08 Å². The van der Waals surface area contributed by atoms with Gasteiger partial charge in [0.05, 0.1) is 0 Å². The van der Waals surface area contributed by atoms with Crippen LogP contribution in [0.1, 0.15) is 37.7 Å². The van der Waals surface area contributed by atoms with Crippen LogP contribution in [0.15, 0.2) is 42.0 Å². The third-order valence-corrected chi connectivity index (χ3v) is 6.72. The number of likely N-dealkylation sites (tertiary alicyclic amines) is 1. The number of hydrogen-bond donors (Lipinski definition) is 2. The van der Waals surface area contributed by atoms with Gasteiger partial charge in [-0.3, -0.25) is 9.69 Å². The molecule has 2 fully saturated rings. The number of amides is 2. The fourth-order valence-corrected chi connectivity index (χ4v) is 5.05. The average molecular weight is 491 g/mol. The van der Waals surface area contributed by atoms with E-state index in [9.17, 15) is 14.7 Å². The molecule has 1 aliphatic carbocycles. The maximum atomic E-state index is 13.1. The maximum Gasteiger partial charge on any atom is 0.408 e. The van der Waals surface area contributed by atoms with Gasteiger partial charge in [-0.25, -0.2) is 9.78 Å². The molecule has 2 aliphatic rings. The first-order valence-electron chi connectivity index (χ1n) is 10.7. The van der Waals surface area contributed by atoms with Crippen molar-refractivity contribution in [3.63, 3.8) is 0 Å². The van der Waals surface area contributed by atoms with Gasteiger partial charge >= 0.3 is 6.09 Å². The number of carboxylic acid groups (broad SMARTS) is 1. The molecule has 1 aromatic heterocycles. The standard InChI is InChI=1S/C23H31BrN4O3/c1-4-6-7-8-12-27(3)15-23-13-17(28(22(30)31)18(23)14-23)21(29)26-20-16(9-5-2)10-11-19(24)25-20/h4-5,10-11,17-18H,1-2,6-9,12-15H2,3H3,(H,30,31)(H,25,26,29). The zero-order chi connectivity index (χ0) is 22.6. The van der Waals surface area contributed by atoms with Crippen molar-refractivity contribution in [1.29, 1.82) is 0 Å². The van der Waals surface area contributed by atoms with E-state index in [-0.39, 0.29) is 17.4 Å². The first kappa shape index (κ1) is 23.5. The van der Waals surface area contributed by atoms with Crippen LogP contribution in [0.25, 0.3) is 0 Å². The lowest BCUT2D eigenvalue weighted by Gasteiger charge is -2.24. The Labute approximate surface area is 192 Å². The number of halogens is 1. The largest absolute Gasteiger partial charge is 0.465 e. The van der Waals surface area contributed by atoms with Crippen LogP contribution in [-0.2, 0) is 11.2 Å². The number of piperidine rings is 1. The molecule has 31 heavy (non-hydrogen) atoms. The van der Waals surface area contributed by atoms with Gasteiger partial charge in [0.15, 0.2) is 0 Å². The minimum atomic E-state index is -1.04. The molecule has 0 bridgehead atoms. The summed E-state index contributed by atoms with van der Waals surface area (Å²) in [6.07, 6.45) is 7.75. The van der Waals surface area contributed by atoms with Crippen molar-refractivity contribution in [1.82, 2.24) is 14.8 Å². The van der Waals surface area contributed by atoms with Gasteiger partial charge in [-0.05, 0) is 79.7 Å². The smallest absolute Gasteiger partial charge is 0.408 e. The normalized spacial score (nSPS) is 24.0. The van der Waals surface area contributed by atoms with Gasteiger partial charge in [0.1, 0.15) is 16.5 Å². The molecular weight excluding hydrogens is 460 g/mol. The summed E-state index contributed by atoms with van der Waals surface area (Å²) in [4.78, 5) is 33.1. The van der Waals surface area contributed by atoms with Crippen LogP contribution in [0, 0.1) is 5.41 Å². The summed E-state index contributed by atoms with van der Waals surface area (Å²) in [5.74, 6) is 0.122. The first-order chi connectivity index (χ1) is 14.8. The zero-order valence-electron chi connectivity index (χ0n) is 18.0. The highest BCUT2D eigenvalue weighted by molar-refractivity contribution is 9.10. The second-order valence-corrected chi connectivity index (χ2v) is 9.45. The fraction of sp³-hybridized carbons (Fsp3) is 0.522. The van der Waals surface area contributed by atoms with Crippen LogP contribution in [0.5, 0.6) is 0 Å². The molecule has 1 saturated heterocycles. The summed E-state index contributed by atoms with van der Waals surface area (Å²) in [6.45, 7) is 9.26. The van der Waals surface area contributed by atoms with E-state index in [1.807, 2.05) is 18.2 Å². The second kappa shape index (κ2) is 9.96. The van der Waals surface area contributed by atoms with Crippen molar-refractivity contribution in [3.8, 4) is 0 Å². The third kappa shape index (κ3) is 5.36. The molecule has 0 aromatic carbocycles. The third-order valence-electron chi connectivity index (χ3n) is 6.28. The van der Waals surface area contributed by atoms with Crippen LogP contribution in [0.3, 0.4) is 0 Å². The highest BCUT2D eigenvalue weighted by Gasteiger charge is 2.67. The number of anilines is 1. The average Bonchev–Trinajstić information content (AvgIpc) is 3.29. The Morgan fingerprint density at radius 1 is 1.35 bits per heavy atom. The van der Waals surface area contributed by atoms with Gasteiger partial charge in [0.25, 0.3) is 0 Å². The predicted molar refractivity (Wildman–Crippen MR) is 125 cm³/mol. The number of fused-ring (bicyclic) bond motifs is 1. The van der Waals surface area contributed by atoms with Crippen LogP contribution >= 0.6 is 15.9 Å². The maximum absolute atomic E-state index is 13.1. The molecule has 3 rings (SSSR count). The van der Waals surface area contributed by atoms with Gasteiger partial charge in [0, 0.05) is 18.0 Å². The molecule has 1 aromatic rings. The van der Waals surface area contributed by atoms with E-state index in [2.05, 4.69) is 51.3 Å². The van der Waals surface area contributed by atoms with Gasteiger partial charge < -0.3 is 15.3 Å². The minimum absolute atomic E-state index is 0.0977. The number of hydrogen-bond acceptors (Lipinski definition) is 4. The lowest BCUT2D eigenvalue weighted by atomic mass is 9.98. The molecule has 1 aliphatic heterocycles. The summed E-state index contributed by atoms with van der Waals surface area (Å²) in [5.41, 5.74) is 0.702. The molecule has 1 saturated carbocycles. The summed E-state index contributed by atoms with van der Waals surface area (Å²) in [7, 11) is 2.07. The van der Waals surface area contributed by atoms with E-state index in [0.29, 0.717) is 23.3 Å². The Bertz CT molecular complexity index is 861. The van der Waals surface area contributed by atoms with Gasteiger partial charge in [0.2, 0.25) is 5.91 Å². The van der Waals surface area contributed by atoms with E-state index in [1.165, 1.54) is 4.90 Å². The number of carbonyl (C=O) groups is 2. The summed E-state index contributed by atoms with van der Waals surface area (Å²) < 4.78 is 0.606. The van der Waals surface area contributed by atoms with E-state index in [4.69, 9.17) is 0 Å². The van der Waals surface area contributed by atoms with Crippen LogP contribution in [0.2, 0.25) is 0 Å². The Hall–Kier alpha value is -2.19. The molecule has 3 atom stereocenters. The number of rotatable bonds is 11. The highest BCUT2D eigenvalue weighted by Crippen LogP contribution is 2.60. The summed E-state index contributed by atoms with van der Waals surface area (Å²) in [6, 6.07) is 2.88. The van der Waals surface area contributed by atoms with E-state index < -0.39 is 12.1 Å². The number of allylic oxidation sites excluding steroid dienone is 2. The van der Waals surface area contributed by atoms with Crippen molar-refractivity contribution in [3.05, 3.63) is 47.6 Å². The second-order valence-electron chi connectivity index (χ2n) is 8.64. The Morgan fingerprint density at radius 3 is 2.81 bits per heavy atom. The molecular formula is C23H31BrN4O3. The van der Waals surface area contributed by atoms with Crippen LogP contribution in [0.4, 0.5) is 10.6 Å². The molecule has 2 N–H and O–H groups in total. The Kier molecular flexibility index (Phi) is 7.54. The highest BCUT2D eigenvalue weighted by atomic mass is 79.9. The SMILES string of the molecule is C=CCCCCN(C)CC12CC(C(=O)Nc3nc(Br)ccc3CC=C)N(C(=O)O)C1C2. The zero-order valence-corrected chi connectivity index (χ0v) is 19.6. The van der Waals surface area contributed by atoms with Gasteiger partial charge in [-0.1, -0.05) is 18.2 Å². The molecule has 3 unspecified atom stereocenters. The monoisotopic (exact) mass is 490 g/mol. The summed E-state index contributed by atoms with van der Waals surface area (Å²) in [5, 5.41) is 12.7. The van der Waals surface area contributed by atoms with E-state index >= 15 is 0 Å². The number of nitrogens with zero attached hydrogens (tertiary/aromatic N) is 3. The van der Waals surface area contributed by atoms with Crippen molar-refractivity contribution in [2.45, 2.75) is 50.6 Å². The van der Waals surface area contributed by atoms with Crippen LogP contribution in [-0.4, -0.2) is 64.1 Å². The van der Waals surface area contributed by atoms with Crippen molar-refractivity contribution < 1.29 is 14.7 Å². The van der Waals surface area contributed by atoms with Crippen molar-refractivity contribution in [2.24, 2.45) is 5.41 Å².